The van der Waals surface area contributed by atoms with Gasteiger partial charge in [0.2, 0.25) is 6.39 Å². The Kier molecular flexibility index (Phi) is 3.03. The molecule has 0 radical (unpaired) electrons. The van der Waals surface area contributed by atoms with Crippen LogP contribution >= 0.6 is 0 Å². The maximum Gasteiger partial charge on any atom is 0.213 e. The summed E-state index contributed by atoms with van der Waals surface area (Å²) in [6.45, 7) is 4.05. The summed E-state index contributed by atoms with van der Waals surface area (Å²) in [5, 5.41) is 10.9. The van der Waals surface area contributed by atoms with Gasteiger partial charge in [0.25, 0.3) is 0 Å². The summed E-state index contributed by atoms with van der Waals surface area (Å²) in [5.41, 5.74) is 0. The van der Waals surface area contributed by atoms with Gasteiger partial charge in [-0.25, -0.2) is 9.67 Å². The summed E-state index contributed by atoms with van der Waals surface area (Å²) in [4.78, 5) is 8.03. The monoisotopic (exact) mass is 208 g/mol. The first-order valence-electron chi connectivity index (χ1n) is 4.72. The summed E-state index contributed by atoms with van der Waals surface area (Å²) in [6, 6.07) is 0. The Labute approximate surface area is 86.5 Å². The molecule has 2 aromatic heterocycles. The lowest BCUT2D eigenvalue weighted by atomic mass is 10.5. The van der Waals surface area contributed by atoms with Crippen LogP contribution in [0.1, 0.15) is 18.6 Å². The van der Waals surface area contributed by atoms with Gasteiger partial charge in [-0.15, -0.1) is 0 Å². The predicted molar refractivity (Wildman–Crippen MR) is 50.5 cm³/mol. The van der Waals surface area contributed by atoms with Crippen molar-refractivity contribution < 1.29 is 4.52 Å². The number of rotatable bonds is 5. The largest absolute Gasteiger partial charge is 0.343 e. The van der Waals surface area contributed by atoms with Crippen molar-refractivity contribution in [1.29, 1.82) is 0 Å². The van der Waals surface area contributed by atoms with E-state index in [4.69, 9.17) is 0 Å². The predicted octanol–water partition coefficient (Wildman–Crippen LogP) is -0.0292. The lowest BCUT2D eigenvalue weighted by molar-refractivity contribution is 0.406. The molecule has 0 bridgehead atoms. The Morgan fingerprint density at radius 1 is 1.40 bits per heavy atom. The van der Waals surface area contributed by atoms with Crippen LogP contribution in [0.4, 0.5) is 0 Å². The highest BCUT2D eigenvalue weighted by Crippen LogP contribution is 1.94. The van der Waals surface area contributed by atoms with Crippen molar-refractivity contribution in [3.8, 4) is 0 Å². The maximum atomic E-state index is 4.61. The SMILES string of the molecule is CCn1ncnc1CNCc1ncon1. The Morgan fingerprint density at radius 2 is 2.33 bits per heavy atom. The molecule has 80 valence electrons. The highest BCUT2D eigenvalue weighted by Gasteiger charge is 2.02. The molecule has 7 heteroatoms. The third-order valence-corrected chi connectivity index (χ3v) is 1.97. The maximum absolute atomic E-state index is 4.61. The van der Waals surface area contributed by atoms with Crippen molar-refractivity contribution in [2.24, 2.45) is 0 Å². The average Bonchev–Trinajstić information content (AvgIpc) is 2.88. The molecule has 0 aromatic carbocycles. The number of hydrogen-bond acceptors (Lipinski definition) is 6. The zero-order valence-corrected chi connectivity index (χ0v) is 8.42. The molecule has 0 atom stereocenters. The third-order valence-electron chi connectivity index (χ3n) is 1.97. The Morgan fingerprint density at radius 3 is 3.07 bits per heavy atom. The molecule has 1 N–H and O–H groups in total. The van der Waals surface area contributed by atoms with E-state index in [-0.39, 0.29) is 0 Å². The molecular formula is C8H12N6O. The highest BCUT2D eigenvalue weighted by molar-refractivity contribution is 4.85. The molecular weight excluding hydrogens is 196 g/mol. The quantitative estimate of drug-likeness (QED) is 0.743. The molecule has 2 rings (SSSR count). The fourth-order valence-corrected chi connectivity index (χ4v) is 1.25. The van der Waals surface area contributed by atoms with Gasteiger partial charge in [0.1, 0.15) is 12.2 Å². The van der Waals surface area contributed by atoms with E-state index in [1.54, 1.807) is 6.33 Å². The van der Waals surface area contributed by atoms with Crippen molar-refractivity contribution in [3.05, 3.63) is 24.4 Å². The van der Waals surface area contributed by atoms with Crippen molar-refractivity contribution in [1.82, 2.24) is 30.2 Å². The molecule has 0 aliphatic carbocycles. The summed E-state index contributed by atoms with van der Waals surface area (Å²) in [7, 11) is 0. The van der Waals surface area contributed by atoms with Gasteiger partial charge in [0.05, 0.1) is 13.1 Å². The van der Waals surface area contributed by atoms with Gasteiger partial charge in [-0.05, 0) is 6.92 Å². The van der Waals surface area contributed by atoms with Crippen LogP contribution in [0.15, 0.2) is 17.2 Å². The molecule has 0 unspecified atom stereocenters. The molecule has 0 fully saturated rings. The number of nitrogens with one attached hydrogen (secondary N) is 1. The van der Waals surface area contributed by atoms with Gasteiger partial charge in [0.15, 0.2) is 5.82 Å². The summed E-state index contributed by atoms with van der Waals surface area (Å²) < 4.78 is 6.45. The first-order valence-corrected chi connectivity index (χ1v) is 4.72. The van der Waals surface area contributed by atoms with E-state index in [1.165, 1.54) is 6.39 Å². The molecule has 2 aromatic rings. The molecule has 2 heterocycles. The fraction of sp³-hybridized carbons (Fsp3) is 0.500. The minimum atomic E-state index is 0.563. The smallest absolute Gasteiger partial charge is 0.213 e. The van der Waals surface area contributed by atoms with Crippen LogP contribution in [0.3, 0.4) is 0 Å². The fourth-order valence-electron chi connectivity index (χ4n) is 1.25. The lowest BCUT2D eigenvalue weighted by Gasteiger charge is -2.02. The van der Waals surface area contributed by atoms with E-state index in [9.17, 15) is 0 Å². The molecule has 0 spiro atoms. The van der Waals surface area contributed by atoms with Gasteiger partial charge in [-0.3, -0.25) is 0 Å². The topological polar surface area (TPSA) is 81.7 Å². The van der Waals surface area contributed by atoms with Crippen LogP contribution < -0.4 is 5.32 Å². The number of nitrogens with zero attached hydrogens (tertiary/aromatic N) is 5. The normalized spacial score (nSPS) is 10.7. The summed E-state index contributed by atoms with van der Waals surface area (Å²) in [5.74, 6) is 1.54. The standard InChI is InChI=1S/C8H12N6O/c1-2-14-8(10-5-12-14)4-9-3-7-11-6-15-13-7/h5-6,9H,2-4H2,1H3. The molecule has 7 nitrogen and oxygen atoms in total. The minimum absolute atomic E-state index is 0.563. The lowest BCUT2D eigenvalue weighted by Crippen LogP contribution is -2.17. The third kappa shape index (κ3) is 2.38. The Bertz CT molecular complexity index is 395. The van der Waals surface area contributed by atoms with Gasteiger partial charge in [-0.2, -0.15) is 10.1 Å². The first-order chi connectivity index (χ1) is 7.40. The zero-order valence-electron chi connectivity index (χ0n) is 8.42. The second-order valence-corrected chi connectivity index (χ2v) is 2.94. The van der Waals surface area contributed by atoms with Crippen molar-refractivity contribution in [2.45, 2.75) is 26.6 Å². The second-order valence-electron chi connectivity index (χ2n) is 2.94. The highest BCUT2D eigenvalue weighted by atomic mass is 16.5. The van der Waals surface area contributed by atoms with Crippen molar-refractivity contribution >= 4 is 0 Å². The van der Waals surface area contributed by atoms with Crippen molar-refractivity contribution in [3.63, 3.8) is 0 Å². The second kappa shape index (κ2) is 4.65. The number of hydrogen-bond donors (Lipinski definition) is 1. The van der Waals surface area contributed by atoms with E-state index < -0.39 is 0 Å². The zero-order chi connectivity index (χ0) is 10.5. The van der Waals surface area contributed by atoms with E-state index in [2.05, 4.69) is 30.1 Å². The molecule has 0 amide bonds. The van der Waals surface area contributed by atoms with Gasteiger partial charge in [0, 0.05) is 6.54 Å². The van der Waals surface area contributed by atoms with E-state index in [1.807, 2.05) is 11.6 Å². The van der Waals surface area contributed by atoms with Crippen LogP contribution in [0.2, 0.25) is 0 Å². The first kappa shape index (κ1) is 9.78. The van der Waals surface area contributed by atoms with Gasteiger partial charge >= 0.3 is 0 Å². The summed E-state index contributed by atoms with van der Waals surface area (Å²) >= 11 is 0. The van der Waals surface area contributed by atoms with Gasteiger partial charge in [-0.1, -0.05) is 5.16 Å². The van der Waals surface area contributed by atoms with Crippen LogP contribution in [0.25, 0.3) is 0 Å². The van der Waals surface area contributed by atoms with Crippen LogP contribution in [-0.4, -0.2) is 24.9 Å². The van der Waals surface area contributed by atoms with E-state index >= 15 is 0 Å². The van der Waals surface area contributed by atoms with Crippen LogP contribution in [0, 0.1) is 0 Å². The van der Waals surface area contributed by atoms with Crippen molar-refractivity contribution in [2.75, 3.05) is 0 Å². The van der Waals surface area contributed by atoms with E-state index in [0.717, 1.165) is 12.4 Å². The number of aryl methyl sites for hydroxylation is 1. The molecule has 0 saturated carbocycles. The summed E-state index contributed by atoms with van der Waals surface area (Å²) in [6.07, 6.45) is 2.86. The van der Waals surface area contributed by atoms with Crippen LogP contribution in [0.5, 0.6) is 0 Å². The molecule has 15 heavy (non-hydrogen) atoms. The van der Waals surface area contributed by atoms with E-state index in [0.29, 0.717) is 18.9 Å². The molecule has 0 aliphatic heterocycles. The van der Waals surface area contributed by atoms with Gasteiger partial charge < -0.3 is 9.84 Å². The minimum Gasteiger partial charge on any atom is -0.343 e. The molecule has 0 aliphatic rings. The Hall–Kier alpha value is -1.76. The Balaban J connectivity index is 1.83. The number of aromatic nitrogens is 5. The van der Waals surface area contributed by atoms with Crippen LogP contribution in [-0.2, 0) is 19.6 Å². The molecule has 0 saturated heterocycles. The average molecular weight is 208 g/mol.